The van der Waals surface area contributed by atoms with Gasteiger partial charge in [-0.25, -0.2) is 4.79 Å². The molecule has 2 heterocycles. The van der Waals surface area contributed by atoms with Crippen molar-refractivity contribution in [2.45, 2.75) is 50.6 Å². The summed E-state index contributed by atoms with van der Waals surface area (Å²) in [7, 11) is 1.35. The zero-order chi connectivity index (χ0) is 18.8. The summed E-state index contributed by atoms with van der Waals surface area (Å²) in [6.07, 6.45) is 6.69. The van der Waals surface area contributed by atoms with E-state index in [0.29, 0.717) is 29.4 Å². The molecule has 2 bridgehead atoms. The van der Waals surface area contributed by atoms with Crippen LogP contribution >= 0.6 is 12.4 Å². The first-order valence-electron chi connectivity index (χ1n) is 10.1. The number of methoxy groups -OCH3 is 1. The smallest absolute Gasteiger partial charge is 0.338 e. The van der Waals surface area contributed by atoms with Crippen molar-refractivity contribution < 1.29 is 19.1 Å². The van der Waals surface area contributed by atoms with Crippen LogP contribution in [0.3, 0.4) is 0 Å². The minimum Gasteiger partial charge on any atom is -0.493 e. The van der Waals surface area contributed by atoms with E-state index in [2.05, 4.69) is 5.32 Å². The van der Waals surface area contributed by atoms with Crippen LogP contribution in [-0.4, -0.2) is 55.7 Å². The number of halogens is 1. The lowest BCUT2D eigenvalue weighted by atomic mass is 9.86. The van der Waals surface area contributed by atoms with Crippen molar-refractivity contribution in [1.29, 1.82) is 0 Å². The van der Waals surface area contributed by atoms with Crippen LogP contribution in [0.25, 0.3) is 0 Å². The molecule has 4 rings (SSSR count). The van der Waals surface area contributed by atoms with Gasteiger partial charge in [0.1, 0.15) is 5.75 Å². The summed E-state index contributed by atoms with van der Waals surface area (Å²) in [6, 6.07) is 5.61. The number of ether oxygens (including phenoxy) is 2. The quantitative estimate of drug-likeness (QED) is 0.758. The molecular formula is C21H29ClN2O4. The highest BCUT2D eigenvalue weighted by atomic mass is 35.5. The molecule has 1 amide bonds. The van der Waals surface area contributed by atoms with Gasteiger partial charge in [0, 0.05) is 24.2 Å². The van der Waals surface area contributed by atoms with E-state index in [0.717, 1.165) is 32.4 Å². The molecule has 3 aliphatic rings. The van der Waals surface area contributed by atoms with Crippen molar-refractivity contribution in [2.75, 3.05) is 26.8 Å². The van der Waals surface area contributed by atoms with E-state index >= 15 is 0 Å². The molecule has 28 heavy (non-hydrogen) atoms. The number of carbonyl (C=O) groups is 2. The van der Waals surface area contributed by atoms with E-state index in [4.69, 9.17) is 9.47 Å². The predicted octanol–water partition coefficient (Wildman–Crippen LogP) is 3.04. The number of carbonyl (C=O) groups excluding carboxylic acids is 2. The third-order valence-electron chi connectivity index (χ3n) is 6.17. The largest absolute Gasteiger partial charge is 0.493 e. The lowest BCUT2D eigenvalue weighted by molar-refractivity contribution is 0.0600. The number of esters is 1. The first kappa shape index (κ1) is 20.9. The average Bonchev–Trinajstić information content (AvgIpc) is 2.91. The maximum Gasteiger partial charge on any atom is 0.338 e. The first-order valence-corrected chi connectivity index (χ1v) is 10.1. The van der Waals surface area contributed by atoms with Gasteiger partial charge in [0.2, 0.25) is 0 Å². The Morgan fingerprint density at radius 3 is 2.54 bits per heavy atom. The fourth-order valence-corrected chi connectivity index (χ4v) is 4.38. The minimum absolute atomic E-state index is 0. The first-order chi connectivity index (χ1) is 13.2. The lowest BCUT2D eigenvalue weighted by Gasteiger charge is -2.28. The van der Waals surface area contributed by atoms with Crippen molar-refractivity contribution in [2.24, 2.45) is 5.92 Å². The van der Waals surface area contributed by atoms with Gasteiger partial charge < -0.3 is 19.7 Å². The van der Waals surface area contributed by atoms with E-state index in [1.165, 1.54) is 26.4 Å². The molecule has 2 aliphatic heterocycles. The fraction of sp³-hybridized carbons (Fsp3) is 0.619. The Kier molecular flexibility index (Phi) is 6.83. The second-order valence-corrected chi connectivity index (χ2v) is 7.94. The molecule has 6 nitrogen and oxygen atoms in total. The normalized spacial score (nSPS) is 24.0. The molecule has 1 aliphatic carbocycles. The number of nitrogens with zero attached hydrogens (tertiary/aromatic N) is 1. The van der Waals surface area contributed by atoms with Crippen LogP contribution in [0, 0.1) is 5.92 Å². The molecule has 3 fully saturated rings. The van der Waals surface area contributed by atoms with Gasteiger partial charge in [-0.2, -0.15) is 0 Å². The molecule has 0 spiro atoms. The highest BCUT2D eigenvalue weighted by molar-refractivity contribution is 5.99. The van der Waals surface area contributed by atoms with E-state index in [-0.39, 0.29) is 30.4 Å². The van der Waals surface area contributed by atoms with Gasteiger partial charge in [-0.15, -0.1) is 12.4 Å². The Balaban J connectivity index is 0.00000225. The molecule has 1 aromatic rings. The molecule has 0 radical (unpaired) electrons. The second kappa shape index (κ2) is 9.14. The van der Waals surface area contributed by atoms with Crippen molar-refractivity contribution in [3.63, 3.8) is 0 Å². The van der Waals surface area contributed by atoms with Crippen LogP contribution in [0.4, 0.5) is 0 Å². The van der Waals surface area contributed by atoms with E-state index < -0.39 is 5.97 Å². The molecule has 2 saturated heterocycles. The number of hydrogen-bond acceptors (Lipinski definition) is 5. The fourth-order valence-electron chi connectivity index (χ4n) is 4.38. The molecule has 2 atom stereocenters. The van der Waals surface area contributed by atoms with Gasteiger partial charge in [0.05, 0.1) is 19.3 Å². The number of nitrogens with one attached hydrogen (secondary N) is 1. The third kappa shape index (κ3) is 4.28. The van der Waals surface area contributed by atoms with Crippen molar-refractivity contribution in [1.82, 2.24) is 10.2 Å². The topological polar surface area (TPSA) is 67.9 Å². The second-order valence-electron chi connectivity index (χ2n) is 7.94. The van der Waals surface area contributed by atoms with Crippen molar-refractivity contribution in [3.05, 3.63) is 29.3 Å². The molecule has 1 aromatic carbocycles. The molecule has 1 N–H and O–H groups in total. The monoisotopic (exact) mass is 408 g/mol. The van der Waals surface area contributed by atoms with Gasteiger partial charge in [0.15, 0.2) is 0 Å². The summed E-state index contributed by atoms with van der Waals surface area (Å²) in [6.45, 7) is 2.42. The number of amides is 1. The van der Waals surface area contributed by atoms with E-state index in [1.54, 1.807) is 18.2 Å². The van der Waals surface area contributed by atoms with Gasteiger partial charge in [-0.05, 0) is 62.8 Å². The van der Waals surface area contributed by atoms with Crippen LogP contribution < -0.4 is 10.1 Å². The maximum absolute atomic E-state index is 13.3. The highest BCUT2D eigenvalue weighted by Gasteiger charge is 2.38. The predicted molar refractivity (Wildman–Crippen MR) is 108 cm³/mol. The summed E-state index contributed by atoms with van der Waals surface area (Å²) in [5.74, 6) is 0.705. The minimum atomic E-state index is -0.446. The van der Waals surface area contributed by atoms with E-state index in [9.17, 15) is 9.59 Å². The van der Waals surface area contributed by atoms with Gasteiger partial charge >= 0.3 is 5.97 Å². The molecule has 154 valence electrons. The van der Waals surface area contributed by atoms with Crippen LogP contribution in [0.5, 0.6) is 5.75 Å². The van der Waals surface area contributed by atoms with Crippen LogP contribution in [0.2, 0.25) is 0 Å². The number of benzene rings is 1. The average molecular weight is 409 g/mol. The third-order valence-corrected chi connectivity index (χ3v) is 6.17. The lowest BCUT2D eigenvalue weighted by Crippen LogP contribution is -2.42. The highest BCUT2D eigenvalue weighted by Crippen LogP contribution is 2.31. The summed E-state index contributed by atoms with van der Waals surface area (Å²) in [5.41, 5.74) is 0.882. The Morgan fingerprint density at radius 2 is 1.82 bits per heavy atom. The van der Waals surface area contributed by atoms with Gasteiger partial charge in [-0.1, -0.05) is 6.42 Å². The van der Waals surface area contributed by atoms with Gasteiger partial charge in [-0.3, -0.25) is 4.79 Å². The Morgan fingerprint density at radius 1 is 1.07 bits per heavy atom. The molecule has 0 aromatic heterocycles. The number of rotatable bonds is 5. The zero-order valence-corrected chi connectivity index (χ0v) is 17.1. The number of fused-ring (bicyclic) bond motifs is 2. The van der Waals surface area contributed by atoms with Gasteiger partial charge in [0.25, 0.3) is 5.91 Å². The van der Waals surface area contributed by atoms with E-state index in [1.807, 2.05) is 4.90 Å². The Hall–Kier alpha value is -1.79. The van der Waals surface area contributed by atoms with Crippen molar-refractivity contribution in [3.8, 4) is 5.75 Å². The SMILES string of the molecule is COC(=O)c1cc(OCC2CCC2)cc(C(=O)N2[C@H]3CCNC[C@@H]2CC3)c1.Cl. The molecule has 0 unspecified atom stereocenters. The maximum atomic E-state index is 13.3. The molecule has 7 heteroatoms. The summed E-state index contributed by atoms with van der Waals surface area (Å²) in [5, 5.41) is 3.42. The Bertz CT molecular complexity index is 708. The van der Waals surface area contributed by atoms with Crippen LogP contribution in [0.1, 0.15) is 59.2 Å². The molecule has 1 saturated carbocycles. The van der Waals surface area contributed by atoms with Crippen LogP contribution in [0.15, 0.2) is 18.2 Å². The summed E-state index contributed by atoms with van der Waals surface area (Å²) in [4.78, 5) is 27.5. The number of hydrogen-bond donors (Lipinski definition) is 1. The standard InChI is InChI=1S/C21H28N2O4.ClH/c1-26-21(25)16-9-15(10-19(11-16)27-13-14-3-2-4-14)20(24)23-17-5-6-18(23)12-22-8-7-17;/h9-11,14,17-18,22H,2-8,12-13H2,1H3;1H/t17-,18+;/m1./s1. The zero-order valence-electron chi connectivity index (χ0n) is 16.3. The summed E-state index contributed by atoms with van der Waals surface area (Å²) < 4.78 is 10.8. The van der Waals surface area contributed by atoms with Crippen LogP contribution in [-0.2, 0) is 4.74 Å². The Labute approximate surface area is 172 Å². The summed E-state index contributed by atoms with van der Waals surface area (Å²) >= 11 is 0. The molecular weight excluding hydrogens is 380 g/mol. The van der Waals surface area contributed by atoms with Crippen molar-refractivity contribution >= 4 is 24.3 Å².